The van der Waals surface area contributed by atoms with Crippen LogP contribution in [0.5, 0.6) is 5.75 Å². The van der Waals surface area contributed by atoms with Gasteiger partial charge in [-0.05, 0) is 64.8 Å². The number of ether oxygens (including phenoxy) is 1. The lowest BCUT2D eigenvalue weighted by Gasteiger charge is -2.10. The van der Waals surface area contributed by atoms with Gasteiger partial charge in [-0.1, -0.05) is 11.6 Å². The highest BCUT2D eigenvalue weighted by atomic mass is 79.9. The molecule has 0 unspecified atom stereocenters. The van der Waals surface area contributed by atoms with E-state index in [0.29, 0.717) is 20.9 Å². The topological polar surface area (TPSA) is 38.3 Å². The molecule has 2 aromatic rings. The van der Waals surface area contributed by atoms with Crippen LogP contribution in [0.4, 0.5) is 10.1 Å². The number of hydrogen-bond acceptors (Lipinski definition) is 2. The van der Waals surface area contributed by atoms with Crippen LogP contribution in [-0.2, 0) is 4.79 Å². The Labute approximate surface area is 135 Å². The zero-order chi connectivity index (χ0) is 15.4. The first-order valence-corrected chi connectivity index (χ1v) is 7.26. The van der Waals surface area contributed by atoms with Gasteiger partial charge in [0.15, 0.2) is 6.61 Å². The van der Waals surface area contributed by atoms with Crippen molar-refractivity contribution in [2.75, 3.05) is 11.9 Å². The second-order valence-corrected chi connectivity index (χ2v) is 5.66. The Morgan fingerprint density at radius 2 is 2.10 bits per heavy atom. The molecule has 0 spiro atoms. The van der Waals surface area contributed by atoms with Gasteiger partial charge in [-0.15, -0.1) is 0 Å². The highest BCUT2D eigenvalue weighted by molar-refractivity contribution is 9.10. The number of anilines is 1. The monoisotopic (exact) mass is 371 g/mol. The Hall–Kier alpha value is -1.59. The third-order valence-electron chi connectivity index (χ3n) is 2.72. The Morgan fingerprint density at radius 1 is 1.33 bits per heavy atom. The summed E-state index contributed by atoms with van der Waals surface area (Å²) in [5.41, 5.74) is 1.53. The Kier molecular flexibility index (Phi) is 5.20. The summed E-state index contributed by atoms with van der Waals surface area (Å²) in [5, 5.41) is 3.33. The summed E-state index contributed by atoms with van der Waals surface area (Å²) in [5.74, 6) is -0.286. The average molecular weight is 373 g/mol. The SMILES string of the molecule is Cc1cc(Cl)ccc1NC(=O)COc1ccc(F)cc1Br. The van der Waals surface area contributed by atoms with Crippen LogP contribution in [0.15, 0.2) is 40.9 Å². The molecule has 6 heteroatoms. The molecule has 110 valence electrons. The molecule has 21 heavy (non-hydrogen) atoms. The predicted molar refractivity (Wildman–Crippen MR) is 84.4 cm³/mol. The van der Waals surface area contributed by atoms with Gasteiger partial charge < -0.3 is 10.1 Å². The Morgan fingerprint density at radius 3 is 2.76 bits per heavy atom. The summed E-state index contributed by atoms with van der Waals surface area (Å²) in [7, 11) is 0. The molecule has 2 aromatic carbocycles. The maximum Gasteiger partial charge on any atom is 0.262 e. The fourth-order valence-corrected chi connectivity index (χ4v) is 2.38. The molecule has 0 aliphatic heterocycles. The smallest absolute Gasteiger partial charge is 0.262 e. The largest absolute Gasteiger partial charge is 0.483 e. The molecule has 0 saturated heterocycles. The van der Waals surface area contributed by atoms with Crippen molar-refractivity contribution in [2.45, 2.75) is 6.92 Å². The molecule has 0 atom stereocenters. The van der Waals surface area contributed by atoms with Crippen molar-refractivity contribution in [3.8, 4) is 5.75 Å². The number of rotatable bonds is 4. The molecule has 0 saturated carbocycles. The van der Waals surface area contributed by atoms with Gasteiger partial charge in [0.05, 0.1) is 4.47 Å². The molecular formula is C15H12BrClFNO2. The number of carbonyl (C=O) groups is 1. The fourth-order valence-electron chi connectivity index (χ4n) is 1.69. The lowest BCUT2D eigenvalue weighted by atomic mass is 10.2. The van der Waals surface area contributed by atoms with E-state index in [2.05, 4.69) is 21.2 Å². The first-order chi connectivity index (χ1) is 9.95. The van der Waals surface area contributed by atoms with Crippen molar-refractivity contribution in [3.63, 3.8) is 0 Å². The lowest BCUT2D eigenvalue weighted by Crippen LogP contribution is -2.20. The van der Waals surface area contributed by atoms with Gasteiger partial charge >= 0.3 is 0 Å². The van der Waals surface area contributed by atoms with Gasteiger partial charge in [0, 0.05) is 10.7 Å². The van der Waals surface area contributed by atoms with Crippen LogP contribution in [0.3, 0.4) is 0 Å². The summed E-state index contributed by atoms with van der Waals surface area (Å²) in [4.78, 5) is 11.8. The molecule has 1 amide bonds. The second-order valence-electron chi connectivity index (χ2n) is 4.37. The maximum absolute atomic E-state index is 12.9. The minimum Gasteiger partial charge on any atom is -0.483 e. The number of amides is 1. The van der Waals surface area contributed by atoms with Gasteiger partial charge in [-0.2, -0.15) is 0 Å². The van der Waals surface area contributed by atoms with Gasteiger partial charge in [-0.25, -0.2) is 4.39 Å². The van der Waals surface area contributed by atoms with Crippen LogP contribution < -0.4 is 10.1 Å². The number of carbonyl (C=O) groups excluding carboxylic acids is 1. The van der Waals surface area contributed by atoms with Crippen molar-refractivity contribution < 1.29 is 13.9 Å². The highest BCUT2D eigenvalue weighted by Crippen LogP contribution is 2.25. The number of hydrogen-bond donors (Lipinski definition) is 1. The molecular weight excluding hydrogens is 361 g/mol. The normalized spacial score (nSPS) is 10.3. The van der Waals surface area contributed by atoms with Crippen LogP contribution in [-0.4, -0.2) is 12.5 Å². The number of benzene rings is 2. The van der Waals surface area contributed by atoms with E-state index in [1.807, 2.05) is 6.92 Å². The summed E-state index contributed by atoms with van der Waals surface area (Å²) >= 11 is 9.02. The Balaban J connectivity index is 1.96. The third-order valence-corrected chi connectivity index (χ3v) is 3.57. The van der Waals surface area contributed by atoms with Gasteiger partial charge in [-0.3, -0.25) is 4.79 Å². The van der Waals surface area contributed by atoms with Crippen LogP contribution in [0.25, 0.3) is 0 Å². The fraction of sp³-hybridized carbons (Fsp3) is 0.133. The standard InChI is InChI=1S/C15H12BrClFNO2/c1-9-6-10(17)2-4-13(9)19-15(20)8-21-14-5-3-11(18)7-12(14)16/h2-7H,8H2,1H3,(H,19,20). The van der Waals surface area contributed by atoms with E-state index in [-0.39, 0.29) is 18.3 Å². The molecule has 0 aromatic heterocycles. The van der Waals surface area contributed by atoms with E-state index < -0.39 is 0 Å². The second kappa shape index (κ2) is 6.91. The summed E-state index contributed by atoms with van der Waals surface area (Å²) in [6.07, 6.45) is 0. The summed E-state index contributed by atoms with van der Waals surface area (Å²) < 4.78 is 18.7. The predicted octanol–water partition coefficient (Wildman–Crippen LogP) is 4.57. The molecule has 3 nitrogen and oxygen atoms in total. The molecule has 0 radical (unpaired) electrons. The van der Waals surface area contributed by atoms with Crippen molar-refractivity contribution in [2.24, 2.45) is 0 Å². The zero-order valence-electron chi connectivity index (χ0n) is 11.1. The van der Waals surface area contributed by atoms with E-state index in [0.717, 1.165) is 5.56 Å². The van der Waals surface area contributed by atoms with Gasteiger partial charge in [0.1, 0.15) is 11.6 Å². The molecule has 0 bridgehead atoms. The molecule has 2 rings (SSSR count). The van der Waals surface area contributed by atoms with Gasteiger partial charge in [0.2, 0.25) is 0 Å². The third kappa shape index (κ3) is 4.44. The van der Waals surface area contributed by atoms with E-state index in [4.69, 9.17) is 16.3 Å². The summed E-state index contributed by atoms with van der Waals surface area (Å²) in [6, 6.07) is 9.18. The van der Waals surface area contributed by atoms with E-state index in [1.165, 1.54) is 18.2 Å². The summed E-state index contributed by atoms with van der Waals surface area (Å²) in [6.45, 7) is 1.67. The number of aryl methyl sites for hydroxylation is 1. The molecule has 0 heterocycles. The first-order valence-electron chi connectivity index (χ1n) is 6.09. The maximum atomic E-state index is 12.9. The van der Waals surface area contributed by atoms with Crippen LogP contribution >= 0.6 is 27.5 Å². The average Bonchev–Trinajstić information content (AvgIpc) is 2.41. The van der Waals surface area contributed by atoms with Crippen molar-refractivity contribution >= 4 is 39.1 Å². The molecule has 0 aliphatic rings. The zero-order valence-corrected chi connectivity index (χ0v) is 13.5. The number of halogens is 3. The van der Waals surface area contributed by atoms with E-state index >= 15 is 0 Å². The van der Waals surface area contributed by atoms with E-state index in [1.54, 1.807) is 18.2 Å². The molecule has 0 aliphatic carbocycles. The van der Waals surface area contributed by atoms with Crippen LogP contribution in [0, 0.1) is 12.7 Å². The Bertz CT molecular complexity index is 679. The highest BCUT2D eigenvalue weighted by Gasteiger charge is 2.08. The molecule has 1 N–H and O–H groups in total. The van der Waals surface area contributed by atoms with Crippen molar-refractivity contribution in [3.05, 3.63) is 57.3 Å². The van der Waals surface area contributed by atoms with E-state index in [9.17, 15) is 9.18 Å². The minimum absolute atomic E-state index is 0.174. The minimum atomic E-state index is -0.379. The van der Waals surface area contributed by atoms with Crippen LogP contribution in [0.2, 0.25) is 5.02 Å². The number of nitrogens with one attached hydrogen (secondary N) is 1. The quantitative estimate of drug-likeness (QED) is 0.854. The van der Waals surface area contributed by atoms with Crippen LogP contribution in [0.1, 0.15) is 5.56 Å². The first kappa shape index (κ1) is 15.8. The van der Waals surface area contributed by atoms with Crippen molar-refractivity contribution in [1.29, 1.82) is 0 Å². The lowest BCUT2D eigenvalue weighted by molar-refractivity contribution is -0.118. The molecule has 0 fully saturated rings. The van der Waals surface area contributed by atoms with Gasteiger partial charge in [0.25, 0.3) is 5.91 Å². The van der Waals surface area contributed by atoms with Crippen molar-refractivity contribution in [1.82, 2.24) is 0 Å².